The average molecular weight is 440 g/mol. The molecular weight excluding hydrogens is 414 g/mol. The van der Waals surface area contributed by atoms with Crippen molar-refractivity contribution < 1.29 is 14.3 Å². The van der Waals surface area contributed by atoms with Crippen molar-refractivity contribution in [3.8, 4) is 17.2 Å². The minimum Gasteiger partial charge on any atom is -0.497 e. The smallest absolute Gasteiger partial charge is 0.323 e. The van der Waals surface area contributed by atoms with Crippen LogP contribution in [0.4, 0.5) is 10.5 Å². The van der Waals surface area contributed by atoms with Crippen LogP contribution in [-0.2, 0) is 6.54 Å². The Kier molecular flexibility index (Phi) is 5.48. The number of nitrogens with zero attached hydrogens (tertiary/aromatic N) is 2. The fraction of sp³-hybridized carbons (Fsp3) is 0.148. The molecule has 6 heteroatoms. The summed E-state index contributed by atoms with van der Waals surface area (Å²) in [6.45, 7) is 0.454. The molecule has 6 nitrogen and oxygen atoms in total. The lowest BCUT2D eigenvalue weighted by atomic mass is 10.0. The van der Waals surface area contributed by atoms with E-state index in [4.69, 9.17) is 9.47 Å². The Morgan fingerprint density at radius 2 is 1.70 bits per heavy atom. The number of aromatic nitrogens is 1. The summed E-state index contributed by atoms with van der Waals surface area (Å²) in [4.78, 5) is 15.7. The third-order valence-corrected chi connectivity index (χ3v) is 5.99. The summed E-state index contributed by atoms with van der Waals surface area (Å²) in [7, 11) is 3.18. The van der Waals surface area contributed by atoms with E-state index in [-0.39, 0.29) is 12.1 Å². The minimum atomic E-state index is -0.273. The normalized spacial score (nSPS) is 14.6. The van der Waals surface area contributed by atoms with Gasteiger partial charge in [0.2, 0.25) is 0 Å². The average Bonchev–Trinajstić information content (AvgIpc) is 3.28. The number of anilines is 1. The van der Waals surface area contributed by atoms with Gasteiger partial charge in [-0.3, -0.25) is 0 Å². The van der Waals surface area contributed by atoms with Crippen molar-refractivity contribution in [1.29, 1.82) is 0 Å². The van der Waals surface area contributed by atoms with Crippen LogP contribution in [0.1, 0.15) is 22.9 Å². The summed E-state index contributed by atoms with van der Waals surface area (Å²) in [6.07, 6.45) is 2.05. The maximum Gasteiger partial charge on any atom is 0.323 e. The number of methoxy groups -OCH3 is 2. The second-order valence-corrected chi connectivity index (χ2v) is 7.87. The monoisotopic (exact) mass is 439 g/mol. The lowest BCUT2D eigenvalue weighted by Gasteiger charge is -2.31. The molecule has 2 amide bonds. The van der Waals surface area contributed by atoms with E-state index in [1.54, 1.807) is 32.4 Å². The van der Waals surface area contributed by atoms with Gasteiger partial charge in [0.25, 0.3) is 0 Å². The first kappa shape index (κ1) is 20.7. The molecule has 166 valence electrons. The van der Waals surface area contributed by atoms with E-state index in [2.05, 4.69) is 46.4 Å². The molecular formula is C27H25N3O3. The molecule has 5 rings (SSSR count). The molecule has 0 radical (unpaired) electrons. The van der Waals surface area contributed by atoms with E-state index in [1.165, 1.54) is 0 Å². The zero-order chi connectivity index (χ0) is 22.8. The molecule has 33 heavy (non-hydrogen) atoms. The Bertz CT molecular complexity index is 1280. The van der Waals surface area contributed by atoms with Crippen LogP contribution in [-0.4, -0.2) is 29.7 Å². The van der Waals surface area contributed by atoms with Crippen molar-refractivity contribution in [2.45, 2.75) is 12.6 Å². The predicted octanol–water partition coefficient (Wildman–Crippen LogP) is 5.63. The van der Waals surface area contributed by atoms with Crippen LogP contribution in [0.5, 0.6) is 11.5 Å². The summed E-state index contributed by atoms with van der Waals surface area (Å²) < 4.78 is 13.0. The van der Waals surface area contributed by atoms with Crippen molar-refractivity contribution in [2.75, 3.05) is 19.5 Å². The Morgan fingerprint density at radius 1 is 0.909 bits per heavy atom. The van der Waals surface area contributed by atoms with E-state index < -0.39 is 0 Å². The van der Waals surface area contributed by atoms with Crippen LogP contribution in [0.25, 0.3) is 5.69 Å². The molecule has 0 unspecified atom stereocenters. The molecule has 1 aliphatic rings. The Labute approximate surface area is 193 Å². The molecule has 2 heterocycles. The lowest BCUT2D eigenvalue weighted by Crippen LogP contribution is -2.38. The van der Waals surface area contributed by atoms with Gasteiger partial charge >= 0.3 is 6.03 Å². The molecule has 1 aromatic heterocycles. The summed E-state index contributed by atoms with van der Waals surface area (Å²) in [6, 6.07) is 27.3. The molecule has 0 fully saturated rings. The summed E-state index contributed by atoms with van der Waals surface area (Å²) in [5, 5.41) is 3.06. The maximum atomic E-state index is 13.8. The number of ether oxygens (including phenoxy) is 2. The van der Waals surface area contributed by atoms with Gasteiger partial charge in [-0.2, -0.15) is 0 Å². The number of rotatable bonds is 4. The summed E-state index contributed by atoms with van der Waals surface area (Å²) >= 11 is 0. The number of amides is 2. The third kappa shape index (κ3) is 3.80. The zero-order valence-corrected chi connectivity index (χ0v) is 18.6. The number of hydrogen-bond acceptors (Lipinski definition) is 3. The van der Waals surface area contributed by atoms with Crippen molar-refractivity contribution in [3.63, 3.8) is 0 Å². The highest BCUT2D eigenvalue weighted by molar-refractivity contribution is 5.92. The van der Waals surface area contributed by atoms with Crippen LogP contribution in [0.3, 0.4) is 0 Å². The van der Waals surface area contributed by atoms with E-state index in [0.29, 0.717) is 23.7 Å². The van der Waals surface area contributed by atoms with Crippen LogP contribution >= 0.6 is 0 Å². The first-order valence-electron chi connectivity index (χ1n) is 10.8. The highest BCUT2D eigenvalue weighted by Crippen LogP contribution is 2.37. The van der Waals surface area contributed by atoms with Crippen molar-refractivity contribution in [2.24, 2.45) is 0 Å². The van der Waals surface area contributed by atoms with Gasteiger partial charge in [0.05, 0.1) is 38.2 Å². The molecule has 4 aromatic rings. The van der Waals surface area contributed by atoms with Gasteiger partial charge in [0.1, 0.15) is 11.5 Å². The van der Waals surface area contributed by atoms with Gasteiger partial charge < -0.3 is 24.3 Å². The van der Waals surface area contributed by atoms with Crippen LogP contribution in [0, 0.1) is 0 Å². The molecule has 3 aromatic carbocycles. The second kappa shape index (κ2) is 8.74. The molecule has 1 N–H and O–H groups in total. The summed E-state index contributed by atoms with van der Waals surface area (Å²) in [5.41, 5.74) is 4.77. The largest absolute Gasteiger partial charge is 0.497 e. The van der Waals surface area contributed by atoms with Gasteiger partial charge in [0, 0.05) is 18.0 Å². The molecule has 0 bridgehead atoms. The topological polar surface area (TPSA) is 55.7 Å². The van der Waals surface area contributed by atoms with Crippen LogP contribution in [0.15, 0.2) is 91.1 Å². The van der Waals surface area contributed by atoms with Crippen LogP contribution < -0.4 is 14.8 Å². The molecule has 1 atom stereocenters. The first-order chi connectivity index (χ1) is 16.2. The SMILES string of the molecule is COc1ccc(OC)c(NC(=O)N2Cc3ccccc3-n3cccc3[C@H]2c2ccccc2)c1. The standard InChI is InChI=1S/C27H25N3O3/c1-32-21-14-15-25(33-2)22(17-21)28-27(31)30-18-20-11-6-7-12-23(20)29-16-8-13-24(29)26(30)19-9-4-3-5-10-19/h3-17,26H,18H2,1-2H3,(H,28,31)/t26-/m1/s1. The number of benzene rings is 3. The Balaban J connectivity index is 1.61. The molecule has 1 aliphatic heterocycles. The first-order valence-corrected chi connectivity index (χ1v) is 10.8. The predicted molar refractivity (Wildman–Crippen MR) is 128 cm³/mol. The van der Waals surface area contributed by atoms with Gasteiger partial charge in [0.15, 0.2) is 0 Å². The number of carbonyl (C=O) groups is 1. The van der Waals surface area contributed by atoms with Gasteiger partial charge in [-0.05, 0) is 41.5 Å². The number of hydrogen-bond donors (Lipinski definition) is 1. The lowest BCUT2D eigenvalue weighted by molar-refractivity contribution is 0.194. The molecule has 0 aliphatic carbocycles. The zero-order valence-electron chi connectivity index (χ0n) is 18.6. The van der Waals surface area contributed by atoms with Gasteiger partial charge in [-0.1, -0.05) is 48.5 Å². The summed E-state index contributed by atoms with van der Waals surface area (Å²) in [5.74, 6) is 1.21. The number of urea groups is 1. The third-order valence-electron chi connectivity index (χ3n) is 5.99. The second-order valence-electron chi connectivity index (χ2n) is 7.87. The van der Waals surface area contributed by atoms with E-state index in [9.17, 15) is 4.79 Å². The highest BCUT2D eigenvalue weighted by atomic mass is 16.5. The van der Waals surface area contributed by atoms with Gasteiger partial charge in [-0.25, -0.2) is 4.79 Å². The van der Waals surface area contributed by atoms with E-state index in [0.717, 1.165) is 22.5 Å². The van der Waals surface area contributed by atoms with Gasteiger partial charge in [-0.15, -0.1) is 0 Å². The minimum absolute atomic E-state index is 0.222. The van der Waals surface area contributed by atoms with E-state index in [1.807, 2.05) is 41.3 Å². The molecule has 0 spiro atoms. The fourth-order valence-corrected chi connectivity index (χ4v) is 4.42. The number of fused-ring (bicyclic) bond motifs is 3. The number of carbonyl (C=O) groups excluding carboxylic acids is 1. The molecule has 0 saturated carbocycles. The Morgan fingerprint density at radius 3 is 2.48 bits per heavy atom. The van der Waals surface area contributed by atoms with Crippen molar-refractivity contribution in [1.82, 2.24) is 9.47 Å². The quantitative estimate of drug-likeness (QED) is 0.448. The van der Waals surface area contributed by atoms with Crippen molar-refractivity contribution >= 4 is 11.7 Å². The number of nitrogens with one attached hydrogen (secondary N) is 1. The van der Waals surface area contributed by atoms with Crippen molar-refractivity contribution in [3.05, 3.63) is 108 Å². The highest BCUT2D eigenvalue weighted by Gasteiger charge is 2.33. The number of para-hydroxylation sites is 1. The maximum absolute atomic E-state index is 13.8. The van der Waals surface area contributed by atoms with Crippen LogP contribution in [0.2, 0.25) is 0 Å². The molecule has 0 saturated heterocycles. The Hall–Kier alpha value is -4.19. The fourth-order valence-electron chi connectivity index (χ4n) is 4.42. The van der Waals surface area contributed by atoms with E-state index >= 15 is 0 Å².